The number of benzene rings is 3. The molecule has 0 aromatic heterocycles. The van der Waals surface area contributed by atoms with Crippen LogP contribution in [-0.4, -0.2) is 30.5 Å². The summed E-state index contributed by atoms with van der Waals surface area (Å²) in [6, 6.07) is 26.0. The van der Waals surface area contributed by atoms with E-state index in [0.29, 0.717) is 5.56 Å². The summed E-state index contributed by atoms with van der Waals surface area (Å²) in [5, 5.41) is 2.55. The van der Waals surface area contributed by atoms with Crippen LogP contribution in [-0.2, 0) is 27.3 Å². The van der Waals surface area contributed by atoms with Gasteiger partial charge in [-0.05, 0) is 11.1 Å². The third-order valence-electron chi connectivity index (χ3n) is 4.51. The highest BCUT2D eigenvalue weighted by Crippen LogP contribution is 2.07. The standard InChI is InChI=1S/C25H23NO5/c27-23(21-14-8-3-9-15-21)18-30-24(28)22(16-19-10-4-1-5-11-19)26-25(29)31-17-20-12-6-2-7-13-20/h1-15,22H,16-18H2,(H,26,29)/t22-/m1/s1. The molecule has 6 nitrogen and oxygen atoms in total. The normalized spacial score (nSPS) is 11.2. The number of ketones is 1. The Kier molecular flexibility index (Phi) is 7.94. The van der Waals surface area contributed by atoms with E-state index in [-0.39, 0.29) is 18.8 Å². The lowest BCUT2D eigenvalue weighted by Crippen LogP contribution is -2.44. The van der Waals surface area contributed by atoms with Crippen molar-refractivity contribution in [3.63, 3.8) is 0 Å². The van der Waals surface area contributed by atoms with Crippen molar-refractivity contribution in [1.29, 1.82) is 0 Å². The van der Waals surface area contributed by atoms with Gasteiger partial charge in [0.15, 0.2) is 12.4 Å². The van der Waals surface area contributed by atoms with Gasteiger partial charge in [-0.25, -0.2) is 9.59 Å². The predicted molar refractivity (Wildman–Crippen MR) is 115 cm³/mol. The lowest BCUT2D eigenvalue weighted by atomic mass is 10.1. The number of hydrogen-bond donors (Lipinski definition) is 1. The maximum Gasteiger partial charge on any atom is 0.408 e. The van der Waals surface area contributed by atoms with E-state index in [0.717, 1.165) is 11.1 Å². The smallest absolute Gasteiger partial charge is 0.408 e. The molecule has 1 amide bonds. The maximum absolute atomic E-state index is 12.6. The number of carbonyl (C=O) groups excluding carboxylic acids is 3. The van der Waals surface area contributed by atoms with Crippen LogP contribution >= 0.6 is 0 Å². The van der Waals surface area contributed by atoms with E-state index in [1.54, 1.807) is 30.3 Å². The number of rotatable bonds is 9. The van der Waals surface area contributed by atoms with Crippen LogP contribution in [0.4, 0.5) is 4.79 Å². The van der Waals surface area contributed by atoms with Gasteiger partial charge in [-0.3, -0.25) is 4.79 Å². The zero-order valence-electron chi connectivity index (χ0n) is 16.9. The topological polar surface area (TPSA) is 81.7 Å². The summed E-state index contributed by atoms with van der Waals surface area (Å²) in [6.07, 6.45) is -0.532. The van der Waals surface area contributed by atoms with E-state index in [2.05, 4.69) is 5.32 Å². The number of nitrogens with one attached hydrogen (secondary N) is 1. The Morgan fingerprint density at radius 3 is 1.87 bits per heavy atom. The van der Waals surface area contributed by atoms with Crippen molar-refractivity contribution in [2.24, 2.45) is 0 Å². The highest BCUT2D eigenvalue weighted by atomic mass is 16.6. The average molecular weight is 417 g/mol. The molecule has 0 unspecified atom stereocenters. The second-order valence-electron chi connectivity index (χ2n) is 6.85. The number of esters is 1. The van der Waals surface area contributed by atoms with Crippen LogP contribution in [0.5, 0.6) is 0 Å². The van der Waals surface area contributed by atoms with Gasteiger partial charge >= 0.3 is 12.1 Å². The molecule has 0 spiro atoms. The van der Waals surface area contributed by atoms with E-state index < -0.39 is 24.7 Å². The van der Waals surface area contributed by atoms with Crippen molar-refractivity contribution >= 4 is 17.8 Å². The minimum absolute atomic E-state index is 0.0757. The molecule has 0 saturated heterocycles. The van der Waals surface area contributed by atoms with Crippen LogP contribution in [0, 0.1) is 0 Å². The third kappa shape index (κ3) is 7.12. The van der Waals surface area contributed by atoms with Gasteiger partial charge in [0.2, 0.25) is 0 Å². The van der Waals surface area contributed by atoms with Crippen LogP contribution in [0.2, 0.25) is 0 Å². The molecular weight excluding hydrogens is 394 g/mol. The van der Waals surface area contributed by atoms with Gasteiger partial charge in [0.25, 0.3) is 0 Å². The van der Waals surface area contributed by atoms with Crippen molar-refractivity contribution in [3.05, 3.63) is 108 Å². The molecule has 31 heavy (non-hydrogen) atoms. The molecule has 158 valence electrons. The van der Waals surface area contributed by atoms with E-state index in [4.69, 9.17) is 9.47 Å². The van der Waals surface area contributed by atoms with Crippen LogP contribution in [0.25, 0.3) is 0 Å². The summed E-state index contributed by atoms with van der Waals surface area (Å²) in [5.41, 5.74) is 2.11. The van der Waals surface area contributed by atoms with E-state index in [1.807, 2.05) is 60.7 Å². The van der Waals surface area contributed by atoms with Crippen LogP contribution in [0.3, 0.4) is 0 Å². The predicted octanol–water partition coefficient (Wildman–Crippen LogP) is 3.95. The third-order valence-corrected chi connectivity index (χ3v) is 4.51. The summed E-state index contributed by atoms with van der Waals surface area (Å²) in [7, 11) is 0. The molecule has 0 radical (unpaired) electrons. The first kappa shape index (κ1) is 21.8. The zero-order chi connectivity index (χ0) is 21.9. The lowest BCUT2D eigenvalue weighted by Gasteiger charge is -2.17. The number of ether oxygens (including phenoxy) is 2. The summed E-state index contributed by atoms with van der Waals surface area (Å²) in [4.78, 5) is 37.1. The fraction of sp³-hybridized carbons (Fsp3) is 0.160. The molecule has 1 atom stereocenters. The molecule has 3 aromatic rings. The van der Waals surface area contributed by atoms with Crippen molar-refractivity contribution < 1.29 is 23.9 Å². The van der Waals surface area contributed by atoms with Crippen LogP contribution in [0.15, 0.2) is 91.0 Å². The Morgan fingerprint density at radius 2 is 1.26 bits per heavy atom. The minimum Gasteiger partial charge on any atom is -0.456 e. The first-order valence-corrected chi connectivity index (χ1v) is 9.88. The van der Waals surface area contributed by atoms with Gasteiger partial charge in [0.05, 0.1) is 0 Å². The highest BCUT2D eigenvalue weighted by molar-refractivity contribution is 5.98. The molecule has 0 aliphatic rings. The van der Waals surface area contributed by atoms with E-state index in [1.165, 1.54) is 0 Å². The molecule has 0 fully saturated rings. The Morgan fingerprint density at radius 1 is 0.710 bits per heavy atom. The molecule has 3 aromatic carbocycles. The number of carbonyl (C=O) groups is 3. The highest BCUT2D eigenvalue weighted by Gasteiger charge is 2.24. The second kappa shape index (κ2) is 11.3. The molecular formula is C25H23NO5. The Bertz CT molecular complexity index is 990. The van der Waals surface area contributed by atoms with Gasteiger partial charge in [0, 0.05) is 12.0 Å². The Labute approximate surface area is 180 Å². The molecule has 3 rings (SSSR count). The van der Waals surface area contributed by atoms with Gasteiger partial charge in [-0.1, -0.05) is 91.0 Å². The zero-order valence-corrected chi connectivity index (χ0v) is 16.9. The van der Waals surface area contributed by atoms with E-state index >= 15 is 0 Å². The Hall–Kier alpha value is -3.93. The van der Waals surface area contributed by atoms with Gasteiger partial charge in [0.1, 0.15) is 12.6 Å². The fourth-order valence-corrected chi connectivity index (χ4v) is 2.89. The molecule has 0 bridgehead atoms. The van der Waals surface area contributed by atoms with Gasteiger partial charge in [-0.15, -0.1) is 0 Å². The summed E-state index contributed by atoms with van der Waals surface area (Å²) >= 11 is 0. The van der Waals surface area contributed by atoms with Crippen LogP contribution < -0.4 is 5.32 Å². The summed E-state index contributed by atoms with van der Waals surface area (Å²) < 4.78 is 10.4. The largest absolute Gasteiger partial charge is 0.456 e. The van der Waals surface area contributed by atoms with Crippen molar-refractivity contribution in [2.75, 3.05) is 6.61 Å². The number of amides is 1. The van der Waals surface area contributed by atoms with Crippen molar-refractivity contribution in [3.8, 4) is 0 Å². The summed E-state index contributed by atoms with van der Waals surface area (Å²) in [6.45, 7) is -0.332. The quantitative estimate of drug-likeness (QED) is 0.421. The monoisotopic (exact) mass is 417 g/mol. The SMILES string of the molecule is O=C(N[C@H](Cc1ccccc1)C(=O)OCC(=O)c1ccccc1)OCc1ccccc1. The average Bonchev–Trinajstić information content (AvgIpc) is 2.82. The Balaban J connectivity index is 1.60. The lowest BCUT2D eigenvalue weighted by molar-refractivity contribution is -0.144. The molecule has 0 saturated carbocycles. The van der Waals surface area contributed by atoms with Crippen LogP contribution in [0.1, 0.15) is 21.5 Å². The molecule has 1 N–H and O–H groups in total. The number of hydrogen-bond acceptors (Lipinski definition) is 5. The molecule has 0 aliphatic carbocycles. The van der Waals surface area contributed by atoms with Crippen molar-refractivity contribution in [1.82, 2.24) is 5.32 Å². The van der Waals surface area contributed by atoms with E-state index in [9.17, 15) is 14.4 Å². The molecule has 6 heteroatoms. The van der Waals surface area contributed by atoms with Crippen molar-refractivity contribution in [2.45, 2.75) is 19.1 Å². The second-order valence-corrected chi connectivity index (χ2v) is 6.85. The fourth-order valence-electron chi connectivity index (χ4n) is 2.89. The first-order chi connectivity index (χ1) is 15.1. The molecule has 0 aliphatic heterocycles. The minimum atomic E-state index is -0.991. The summed E-state index contributed by atoms with van der Waals surface area (Å²) in [5.74, 6) is -1.02. The molecule has 0 heterocycles. The van der Waals surface area contributed by atoms with Gasteiger partial charge in [-0.2, -0.15) is 0 Å². The maximum atomic E-state index is 12.6. The van der Waals surface area contributed by atoms with Gasteiger partial charge < -0.3 is 14.8 Å². The number of alkyl carbamates (subject to hydrolysis) is 1. The number of Topliss-reactive ketones (excluding diaryl/α,β-unsaturated/α-hetero) is 1. The first-order valence-electron chi connectivity index (χ1n) is 9.88.